The fourth-order valence-electron chi connectivity index (χ4n) is 1.85. The van der Waals surface area contributed by atoms with Crippen molar-refractivity contribution in [3.8, 4) is 0 Å². The lowest BCUT2D eigenvalue weighted by molar-refractivity contribution is -0.416. The summed E-state index contributed by atoms with van der Waals surface area (Å²) in [7, 11) is 0. The van der Waals surface area contributed by atoms with E-state index in [1.165, 1.54) is 4.90 Å². The molecule has 0 bridgehead atoms. The van der Waals surface area contributed by atoms with Gasteiger partial charge in [-0.25, -0.2) is 4.98 Å². The summed E-state index contributed by atoms with van der Waals surface area (Å²) >= 11 is 0. The number of anilines is 1. The predicted octanol–water partition coefficient (Wildman–Crippen LogP) is 1.26. The third kappa shape index (κ3) is 2.92. The SMILES string of the molecule is O=[N+]([O-])c1c[nH+]c(N2CCOCC2)c(C(F)(F)F)c1. The van der Waals surface area contributed by atoms with E-state index in [9.17, 15) is 23.3 Å². The molecule has 6 nitrogen and oxygen atoms in total. The molecule has 0 unspecified atom stereocenters. The van der Waals surface area contributed by atoms with Crippen molar-refractivity contribution in [1.29, 1.82) is 0 Å². The van der Waals surface area contributed by atoms with Gasteiger partial charge in [0.25, 0.3) is 5.82 Å². The van der Waals surface area contributed by atoms with Crippen molar-refractivity contribution in [2.75, 3.05) is 31.2 Å². The minimum Gasteiger partial charge on any atom is -0.373 e. The van der Waals surface area contributed by atoms with E-state index in [1.54, 1.807) is 0 Å². The molecule has 2 heterocycles. The summed E-state index contributed by atoms with van der Waals surface area (Å²) in [6.45, 7) is 1.25. The number of halogens is 3. The maximum absolute atomic E-state index is 12.9. The number of H-pyrrole nitrogens is 1. The molecule has 2 rings (SSSR count). The molecule has 0 radical (unpaired) electrons. The molecular formula is C10H11F3N3O3+. The first kappa shape index (κ1) is 13.5. The molecular weight excluding hydrogens is 267 g/mol. The van der Waals surface area contributed by atoms with Gasteiger partial charge in [0.2, 0.25) is 0 Å². The van der Waals surface area contributed by atoms with Gasteiger partial charge in [0.1, 0.15) is 13.1 Å². The van der Waals surface area contributed by atoms with Crippen molar-refractivity contribution in [2.45, 2.75) is 6.18 Å². The number of rotatable bonds is 2. The van der Waals surface area contributed by atoms with Crippen LogP contribution in [0.2, 0.25) is 0 Å². The Kier molecular flexibility index (Phi) is 3.56. The van der Waals surface area contributed by atoms with Gasteiger partial charge in [0.15, 0.2) is 11.8 Å². The minimum atomic E-state index is -4.66. The monoisotopic (exact) mass is 278 g/mol. The van der Waals surface area contributed by atoms with Crippen LogP contribution in [-0.2, 0) is 10.9 Å². The summed E-state index contributed by atoms with van der Waals surface area (Å²) in [6.07, 6.45) is -3.70. The lowest BCUT2D eigenvalue weighted by Crippen LogP contribution is -2.41. The van der Waals surface area contributed by atoms with Crippen LogP contribution in [0.15, 0.2) is 12.3 Å². The average molecular weight is 278 g/mol. The number of nitro groups is 1. The summed E-state index contributed by atoms with van der Waals surface area (Å²) in [6, 6.07) is 0.543. The molecule has 0 saturated carbocycles. The molecule has 0 spiro atoms. The van der Waals surface area contributed by atoms with E-state index in [2.05, 4.69) is 4.98 Å². The topological polar surface area (TPSA) is 69.8 Å². The van der Waals surface area contributed by atoms with E-state index in [-0.39, 0.29) is 5.82 Å². The number of nitrogens with zero attached hydrogens (tertiary/aromatic N) is 2. The van der Waals surface area contributed by atoms with Gasteiger partial charge in [0.05, 0.1) is 18.1 Å². The Hall–Kier alpha value is -1.90. The van der Waals surface area contributed by atoms with Crippen LogP contribution in [0.4, 0.5) is 24.7 Å². The summed E-state index contributed by atoms with van der Waals surface area (Å²) in [5.41, 5.74) is -1.66. The normalized spacial score (nSPS) is 16.5. The van der Waals surface area contributed by atoms with Gasteiger partial charge >= 0.3 is 11.9 Å². The Morgan fingerprint density at radius 1 is 1.37 bits per heavy atom. The third-order valence-corrected chi connectivity index (χ3v) is 2.75. The average Bonchev–Trinajstić information content (AvgIpc) is 2.38. The second-order valence-electron chi connectivity index (χ2n) is 3.97. The molecule has 0 aromatic carbocycles. The van der Waals surface area contributed by atoms with E-state index < -0.39 is 22.4 Å². The zero-order chi connectivity index (χ0) is 14.0. The van der Waals surface area contributed by atoms with Crippen LogP contribution < -0.4 is 9.88 Å². The molecule has 1 aliphatic heterocycles. The van der Waals surface area contributed by atoms with Crippen molar-refractivity contribution < 1.29 is 27.8 Å². The van der Waals surface area contributed by atoms with Crippen LogP contribution in [-0.4, -0.2) is 31.2 Å². The van der Waals surface area contributed by atoms with Crippen LogP contribution in [0.25, 0.3) is 0 Å². The lowest BCUT2D eigenvalue weighted by Gasteiger charge is -2.23. The second kappa shape index (κ2) is 5.00. The molecule has 1 fully saturated rings. The van der Waals surface area contributed by atoms with Crippen molar-refractivity contribution in [3.05, 3.63) is 27.9 Å². The first-order valence-corrected chi connectivity index (χ1v) is 5.49. The third-order valence-electron chi connectivity index (χ3n) is 2.75. The van der Waals surface area contributed by atoms with Crippen molar-refractivity contribution >= 4 is 11.5 Å². The Morgan fingerprint density at radius 2 is 2.00 bits per heavy atom. The number of pyridine rings is 1. The molecule has 19 heavy (non-hydrogen) atoms. The lowest BCUT2D eigenvalue weighted by atomic mass is 10.2. The Balaban J connectivity index is 2.44. The smallest absolute Gasteiger partial charge is 0.373 e. The molecule has 104 valence electrons. The highest BCUT2D eigenvalue weighted by molar-refractivity contribution is 5.48. The van der Waals surface area contributed by atoms with Crippen LogP contribution in [0.1, 0.15) is 5.56 Å². The highest BCUT2D eigenvalue weighted by atomic mass is 19.4. The molecule has 1 aromatic rings. The number of hydrogen-bond acceptors (Lipinski definition) is 4. The van der Waals surface area contributed by atoms with Gasteiger partial charge in [-0.15, -0.1) is 0 Å². The van der Waals surface area contributed by atoms with Crippen molar-refractivity contribution in [1.82, 2.24) is 0 Å². The molecule has 0 aliphatic carbocycles. The van der Waals surface area contributed by atoms with E-state index >= 15 is 0 Å². The molecule has 0 atom stereocenters. The number of nitrogens with one attached hydrogen (secondary N) is 1. The van der Waals surface area contributed by atoms with Crippen LogP contribution in [0, 0.1) is 10.1 Å². The molecule has 1 N–H and O–H groups in total. The second-order valence-corrected chi connectivity index (χ2v) is 3.97. The van der Waals surface area contributed by atoms with Gasteiger partial charge in [-0.1, -0.05) is 0 Å². The van der Waals surface area contributed by atoms with Crippen LogP contribution in [0.3, 0.4) is 0 Å². The molecule has 1 aliphatic rings. The van der Waals surface area contributed by atoms with Crippen LogP contribution >= 0.6 is 0 Å². The quantitative estimate of drug-likeness (QED) is 0.603. The number of alkyl halides is 3. The number of aromatic nitrogens is 1. The van der Waals surface area contributed by atoms with Gasteiger partial charge in [-0.3, -0.25) is 15.0 Å². The Morgan fingerprint density at radius 3 is 2.53 bits per heavy atom. The molecule has 9 heteroatoms. The van der Waals surface area contributed by atoms with Gasteiger partial charge in [-0.05, 0) is 0 Å². The zero-order valence-electron chi connectivity index (χ0n) is 9.74. The van der Waals surface area contributed by atoms with Gasteiger partial charge in [-0.2, -0.15) is 13.2 Å². The fraction of sp³-hybridized carbons (Fsp3) is 0.500. The van der Waals surface area contributed by atoms with E-state index in [1.807, 2.05) is 0 Å². The highest BCUT2D eigenvalue weighted by Crippen LogP contribution is 2.36. The summed E-state index contributed by atoms with van der Waals surface area (Å²) < 4.78 is 43.9. The standard InChI is InChI=1S/C10H10F3N3O3/c11-10(12,13)8-5-7(16(17)18)6-14-9(8)15-1-3-19-4-2-15/h5-6H,1-4H2/p+1. The zero-order valence-corrected chi connectivity index (χ0v) is 9.74. The first-order valence-electron chi connectivity index (χ1n) is 5.49. The largest absolute Gasteiger partial charge is 0.424 e. The van der Waals surface area contributed by atoms with Crippen LogP contribution in [0.5, 0.6) is 0 Å². The Bertz CT molecular complexity index is 487. The fourth-order valence-corrected chi connectivity index (χ4v) is 1.85. The number of ether oxygens (including phenoxy) is 1. The van der Waals surface area contributed by atoms with E-state index in [0.717, 1.165) is 6.20 Å². The van der Waals surface area contributed by atoms with Gasteiger partial charge < -0.3 is 4.74 Å². The van der Waals surface area contributed by atoms with E-state index in [0.29, 0.717) is 32.4 Å². The number of aromatic amines is 1. The predicted molar refractivity (Wildman–Crippen MR) is 57.7 cm³/mol. The number of morpholine rings is 1. The molecule has 0 amide bonds. The van der Waals surface area contributed by atoms with Gasteiger partial charge in [0, 0.05) is 6.07 Å². The summed E-state index contributed by atoms with van der Waals surface area (Å²) in [5.74, 6) is -0.165. The highest BCUT2D eigenvalue weighted by Gasteiger charge is 2.41. The number of hydrogen-bond donors (Lipinski definition) is 0. The minimum absolute atomic E-state index is 0.165. The molecule has 1 saturated heterocycles. The summed E-state index contributed by atoms with van der Waals surface area (Å²) in [4.78, 5) is 13.5. The van der Waals surface area contributed by atoms with Crippen molar-refractivity contribution in [3.63, 3.8) is 0 Å². The first-order chi connectivity index (χ1) is 8.89. The van der Waals surface area contributed by atoms with E-state index in [4.69, 9.17) is 4.74 Å². The maximum atomic E-state index is 12.9. The maximum Gasteiger partial charge on any atom is 0.424 e. The summed E-state index contributed by atoms with van der Waals surface area (Å²) in [5, 5.41) is 10.6. The molecule has 1 aromatic heterocycles. The Labute approximate surface area is 105 Å². The van der Waals surface area contributed by atoms with Crippen molar-refractivity contribution in [2.24, 2.45) is 0 Å².